The fourth-order valence-corrected chi connectivity index (χ4v) is 4.82. The number of ether oxygens (including phenoxy) is 2. The molecule has 0 aromatic heterocycles. The number of sulfonamides is 1. The first-order valence-electron chi connectivity index (χ1n) is 9.34. The lowest BCUT2D eigenvalue weighted by atomic mass is 10.0. The zero-order valence-corrected chi connectivity index (χ0v) is 16.5. The Morgan fingerprint density at radius 2 is 1.54 bits per heavy atom. The summed E-state index contributed by atoms with van der Waals surface area (Å²) in [7, 11) is -3.58. The van der Waals surface area contributed by atoms with Gasteiger partial charge in [0.2, 0.25) is 10.0 Å². The van der Waals surface area contributed by atoms with Crippen molar-refractivity contribution < 1.29 is 22.7 Å². The fraction of sp³-hybridized carbons (Fsp3) is 0.381. The quantitative estimate of drug-likeness (QED) is 0.632. The summed E-state index contributed by atoms with van der Waals surface area (Å²) in [4.78, 5) is 12.8. The van der Waals surface area contributed by atoms with Crippen LogP contribution in [0.4, 0.5) is 0 Å². The second-order valence-electron chi connectivity index (χ2n) is 6.77. The highest BCUT2D eigenvalue weighted by Gasteiger charge is 2.32. The van der Waals surface area contributed by atoms with Crippen LogP contribution in [-0.2, 0) is 37.3 Å². The predicted molar refractivity (Wildman–Crippen MR) is 106 cm³/mol. The number of esters is 1. The minimum atomic E-state index is -3.58. The maximum atomic E-state index is 12.8. The van der Waals surface area contributed by atoms with Gasteiger partial charge < -0.3 is 9.47 Å². The molecule has 1 heterocycles. The molecule has 7 heteroatoms. The summed E-state index contributed by atoms with van der Waals surface area (Å²) >= 11 is 0. The Morgan fingerprint density at radius 1 is 0.964 bits per heavy atom. The van der Waals surface area contributed by atoms with Crippen molar-refractivity contribution in [1.29, 1.82) is 0 Å². The van der Waals surface area contributed by atoms with Gasteiger partial charge in [-0.3, -0.25) is 4.79 Å². The van der Waals surface area contributed by atoms with Gasteiger partial charge in [0.1, 0.15) is 6.61 Å². The topological polar surface area (TPSA) is 72.9 Å². The average molecular weight is 404 g/mol. The fourth-order valence-electron chi connectivity index (χ4n) is 3.14. The molecule has 2 aromatic carbocycles. The van der Waals surface area contributed by atoms with Gasteiger partial charge in [-0.15, -0.1) is 0 Å². The van der Waals surface area contributed by atoms with Crippen LogP contribution in [0.1, 0.15) is 11.1 Å². The van der Waals surface area contributed by atoms with Crippen LogP contribution >= 0.6 is 0 Å². The molecule has 0 aliphatic carbocycles. The second-order valence-corrected chi connectivity index (χ2v) is 8.78. The molecule has 1 saturated heterocycles. The maximum absolute atomic E-state index is 12.8. The Kier molecular flexibility index (Phi) is 7.19. The Hall–Kier alpha value is -2.22. The Morgan fingerprint density at radius 3 is 2.14 bits per heavy atom. The van der Waals surface area contributed by atoms with Gasteiger partial charge in [-0.1, -0.05) is 60.7 Å². The highest BCUT2D eigenvalue weighted by atomic mass is 32.2. The van der Waals surface area contributed by atoms with Gasteiger partial charge in [0.25, 0.3) is 0 Å². The first-order valence-corrected chi connectivity index (χ1v) is 11.0. The zero-order chi connectivity index (χ0) is 19.8. The Labute approximate surface area is 166 Å². The van der Waals surface area contributed by atoms with Crippen LogP contribution in [0, 0.1) is 5.92 Å². The molecule has 0 bridgehead atoms. The highest BCUT2D eigenvalue weighted by molar-refractivity contribution is 7.89. The van der Waals surface area contributed by atoms with Gasteiger partial charge in [-0.25, -0.2) is 8.42 Å². The zero-order valence-electron chi connectivity index (χ0n) is 15.7. The van der Waals surface area contributed by atoms with Crippen LogP contribution in [0.3, 0.4) is 0 Å². The lowest BCUT2D eigenvalue weighted by Gasteiger charge is -2.27. The molecule has 1 fully saturated rings. The number of nitrogens with zero attached hydrogens (tertiary/aromatic N) is 1. The number of hydrogen-bond acceptors (Lipinski definition) is 5. The smallest absolute Gasteiger partial charge is 0.310 e. The summed E-state index contributed by atoms with van der Waals surface area (Å²) in [6, 6.07) is 18.8. The molecule has 1 aliphatic rings. The van der Waals surface area contributed by atoms with Crippen LogP contribution in [0.5, 0.6) is 0 Å². The number of carbonyl (C=O) groups excluding carboxylic acids is 1. The highest BCUT2D eigenvalue weighted by Crippen LogP contribution is 2.17. The van der Waals surface area contributed by atoms with E-state index in [-0.39, 0.29) is 12.4 Å². The van der Waals surface area contributed by atoms with Crippen molar-refractivity contribution in [2.24, 2.45) is 5.92 Å². The minimum Gasteiger partial charge on any atom is -0.461 e. The number of hydrogen-bond donors (Lipinski definition) is 0. The summed E-state index contributed by atoms with van der Waals surface area (Å²) in [6.07, 6.45) is 0.317. The Balaban J connectivity index is 1.71. The standard InChI is InChI=1S/C21H25NO5S/c23-21(27-16-19-9-5-2-6-10-19)20(15-18-7-3-1-4-8-18)17-28(24,25)22-11-13-26-14-12-22/h1-10,20H,11-17H2. The number of carbonyl (C=O) groups is 1. The van der Waals surface area contributed by atoms with Crippen LogP contribution in [0.25, 0.3) is 0 Å². The van der Waals surface area contributed by atoms with Crippen LogP contribution < -0.4 is 0 Å². The summed E-state index contributed by atoms with van der Waals surface area (Å²) in [5.74, 6) is -1.53. The van der Waals surface area contributed by atoms with E-state index in [1.807, 2.05) is 60.7 Å². The summed E-state index contributed by atoms with van der Waals surface area (Å²) in [5.41, 5.74) is 1.77. The molecule has 0 N–H and O–H groups in total. The van der Waals surface area contributed by atoms with Gasteiger partial charge in [0, 0.05) is 13.1 Å². The molecule has 6 nitrogen and oxygen atoms in total. The second kappa shape index (κ2) is 9.82. The van der Waals surface area contributed by atoms with Gasteiger partial charge in [-0.2, -0.15) is 4.31 Å². The minimum absolute atomic E-state index is 0.128. The Bertz CT molecular complexity index is 849. The normalized spacial score (nSPS) is 16.4. The monoisotopic (exact) mass is 403 g/mol. The molecule has 2 aromatic rings. The summed E-state index contributed by atoms with van der Waals surface area (Å²) in [6.45, 7) is 1.52. The van der Waals surface area contributed by atoms with Crippen molar-refractivity contribution in [3.8, 4) is 0 Å². The van der Waals surface area contributed by atoms with E-state index in [0.717, 1.165) is 11.1 Å². The molecular weight excluding hydrogens is 378 g/mol. The van der Waals surface area contributed by atoms with E-state index in [9.17, 15) is 13.2 Å². The van der Waals surface area contributed by atoms with E-state index >= 15 is 0 Å². The number of morpholine rings is 1. The van der Waals surface area contributed by atoms with Gasteiger partial charge in [-0.05, 0) is 17.5 Å². The van der Waals surface area contributed by atoms with Crippen molar-refractivity contribution in [3.05, 3.63) is 71.8 Å². The molecule has 0 spiro atoms. The van der Waals surface area contributed by atoms with E-state index in [1.54, 1.807) is 0 Å². The van der Waals surface area contributed by atoms with E-state index in [2.05, 4.69) is 0 Å². The molecule has 0 amide bonds. The van der Waals surface area contributed by atoms with Crippen molar-refractivity contribution in [3.63, 3.8) is 0 Å². The molecule has 150 valence electrons. The predicted octanol–water partition coefficient (Wildman–Crippen LogP) is 2.25. The van der Waals surface area contributed by atoms with E-state index in [4.69, 9.17) is 9.47 Å². The third-order valence-corrected chi connectivity index (χ3v) is 6.63. The van der Waals surface area contributed by atoms with E-state index < -0.39 is 21.9 Å². The van der Waals surface area contributed by atoms with Crippen molar-refractivity contribution in [2.45, 2.75) is 13.0 Å². The van der Waals surface area contributed by atoms with Crippen molar-refractivity contribution in [1.82, 2.24) is 4.31 Å². The molecule has 1 atom stereocenters. The largest absolute Gasteiger partial charge is 0.461 e. The number of rotatable bonds is 8. The summed E-state index contributed by atoms with van der Waals surface area (Å²) < 4.78 is 37.7. The average Bonchev–Trinajstić information content (AvgIpc) is 2.73. The maximum Gasteiger partial charge on any atom is 0.310 e. The van der Waals surface area contributed by atoms with Crippen LogP contribution in [-0.4, -0.2) is 50.7 Å². The first kappa shape index (κ1) is 20.5. The molecule has 0 saturated carbocycles. The molecule has 3 rings (SSSR count). The van der Waals surface area contributed by atoms with Crippen molar-refractivity contribution in [2.75, 3.05) is 32.1 Å². The molecule has 1 aliphatic heterocycles. The third-order valence-electron chi connectivity index (χ3n) is 4.66. The van der Waals surface area contributed by atoms with E-state index in [0.29, 0.717) is 32.7 Å². The molecular formula is C21H25NO5S. The lowest BCUT2D eigenvalue weighted by molar-refractivity contribution is -0.149. The molecule has 0 radical (unpaired) electrons. The van der Waals surface area contributed by atoms with E-state index in [1.165, 1.54) is 4.31 Å². The molecule has 28 heavy (non-hydrogen) atoms. The van der Waals surface area contributed by atoms with Gasteiger partial charge >= 0.3 is 5.97 Å². The van der Waals surface area contributed by atoms with Gasteiger partial charge in [0.05, 0.1) is 24.9 Å². The van der Waals surface area contributed by atoms with Gasteiger partial charge in [0.15, 0.2) is 0 Å². The summed E-state index contributed by atoms with van der Waals surface area (Å²) in [5, 5.41) is 0. The van der Waals surface area contributed by atoms with Crippen LogP contribution in [0.2, 0.25) is 0 Å². The van der Waals surface area contributed by atoms with Crippen LogP contribution in [0.15, 0.2) is 60.7 Å². The first-order chi connectivity index (χ1) is 13.5. The lowest BCUT2D eigenvalue weighted by Crippen LogP contribution is -2.44. The number of benzene rings is 2. The molecule has 1 unspecified atom stereocenters. The SMILES string of the molecule is O=C(OCc1ccccc1)C(Cc1ccccc1)CS(=O)(=O)N1CCOCC1. The third kappa shape index (κ3) is 5.89. The van der Waals surface area contributed by atoms with Crippen molar-refractivity contribution >= 4 is 16.0 Å².